The Bertz CT molecular complexity index is 1170. The summed E-state index contributed by atoms with van der Waals surface area (Å²) in [4.78, 5) is 16.0. The van der Waals surface area contributed by atoms with E-state index in [9.17, 15) is 9.18 Å². The van der Waals surface area contributed by atoms with Crippen LogP contribution in [0.15, 0.2) is 16.7 Å². The standard InChI is InChI=1S/C18H17BrClFN4O3S/c1-3-28-17(26)15(14-12-4-8(21)6-24(12)18(29)22-14)25-7-9-11(20)5-10(19)16(27-2)13(9)23-25/h5,7-8,15H,3-4,6H2,1-2H3,(H,22,29)/t8-,15?/m1/s1. The van der Waals surface area contributed by atoms with Gasteiger partial charge in [-0.15, -0.1) is 0 Å². The van der Waals surface area contributed by atoms with Gasteiger partial charge in [0.05, 0.1) is 35.5 Å². The summed E-state index contributed by atoms with van der Waals surface area (Å²) in [5, 5.41) is 5.61. The number of hydrogen-bond acceptors (Lipinski definition) is 5. The van der Waals surface area contributed by atoms with Gasteiger partial charge in [0.2, 0.25) is 0 Å². The van der Waals surface area contributed by atoms with Gasteiger partial charge in [-0.3, -0.25) is 4.68 Å². The zero-order valence-electron chi connectivity index (χ0n) is 15.5. The number of esters is 1. The molecule has 0 bridgehead atoms. The molecule has 154 valence electrons. The number of alkyl halides is 1. The molecule has 1 unspecified atom stereocenters. The average Bonchev–Trinajstić information content (AvgIpc) is 3.32. The van der Waals surface area contributed by atoms with Crippen molar-refractivity contribution in [2.24, 2.45) is 0 Å². The maximum Gasteiger partial charge on any atom is 0.337 e. The number of halogens is 3. The molecule has 3 heterocycles. The number of nitrogens with zero attached hydrogens (tertiary/aromatic N) is 3. The number of aromatic nitrogens is 4. The lowest BCUT2D eigenvalue weighted by atomic mass is 10.1. The molecule has 1 N–H and O–H groups in total. The summed E-state index contributed by atoms with van der Waals surface area (Å²) < 4.78 is 28.9. The van der Waals surface area contributed by atoms with E-state index in [0.717, 1.165) is 0 Å². The Morgan fingerprint density at radius 3 is 3.03 bits per heavy atom. The minimum Gasteiger partial charge on any atom is -0.493 e. The number of H-pyrrole nitrogens is 1. The minimum atomic E-state index is -1.05. The van der Waals surface area contributed by atoms with Crippen LogP contribution in [0, 0.1) is 4.77 Å². The molecule has 29 heavy (non-hydrogen) atoms. The third kappa shape index (κ3) is 3.36. The van der Waals surface area contributed by atoms with Crippen molar-refractivity contribution in [2.75, 3.05) is 13.7 Å². The number of ether oxygens (including phenoxy) is 2. The van der Waals surface area contributed by atoms with Crippen LogP contribution in [-0.4, -0.2) is 45.2 Å². The highest BCUT2D eigenvalue weighted by atomic mass is 79.9. The fourth-order valence-corrected chi connectivity index (χ4v) is 4.89. The second-order valence-electron chi connectivity index (χ2n) is 6.60. The molecule has 1 aromatic carbocycles. The molecule has 1 aliphatic heterocycles. The van der Waals surface area contributed by atoms with Crippen molar-refractivity contribution in [2.45, 2.75) is 32.1 Å². The van der Waals surface area contributed by atoms with Crippen LogP contribution in [-0.2, 0) is 22.5 Å². The van der Waals surface area contributed by atoms with Gasteiger partial charge in [-0.05, 0) is 41.1 Å². The molecule has 0 amide bonds. The molecule has 2 atom stereocenters. The second kappa shape index (κ2) is 7.73. The van der Waals surface area contributed by atoms with Crippen LogP contribution >= 0.6 is 39.7 Å². The Hall–Kier alpha value is -1.91. The number of nitrogens with one attached hydrogen (secondary N) is 1. The molecular formula is C18H17BrClFN4O3S. The molecule has 3 aromatic rings. The summed E-state index contributed by atoms with van der Waals surface area (Å²) in [7, 11) is 1.52. The van der Waals surface area contributed by atoms with Crippen LogP contribution in [0.1, 0.15) is 24.4 Å². The largest absolute Gasteiger partial charge is 0.493 e. The first-order valence-electron chi connectivity index (χ1n) is 8.88. The number of aromatic amines is 1. The van der Waals surface area contributed by atoms with Gasteiger partial charge in [0, 0.05) is 23.7 Å². The number of imidazole rings is 1. The van der Waals surface area contributed by atoms with Gasteiger partial charge < -0.3 is 19.0 Å². The van der Waals surface area contributed by atoms with Crippen molar-refractivity contribution in [3.8, 4) is 5.75 Å². The molecule has 0 radical (unpaired) electrons. The topological polar surface area (TPSA) is 74.1 Å². The van der Waals surface area contributed by atoms with Gasteiger partial charge in [0.1, 0.15) is 11.7 Å². The summed E-state index contributed by atoms with van der Waals surface area (Å²) in [5.74, 6) is -0.0407. The molecule has 7 nitrogen and oxygen atoms in total. The van der Waals surface area contributed by atoms with Gasteiger partial charge in [-0.2, -0.15) is 5.10 Å². The maximum atomic E-state index is 14.0. The third-order valence-electron chi connectivity index (χ3n) is 4.85. The minimum absolute atomic E-state index is 0.161. The maximum absolute atomic E-state index is 14.0. The molecule has 4 rings (SSSR count). The normalized spacial score (nSPS) is 16.8. The van der Waals surface area contributed by atoms with E-state index >= 15 is 0 Å². The second-order valence-corrected chi connectivity index (χ2v) is 8.25. The van der Waals surface area contributed by atoms with Gasteiger partial charge in [0.25, 0.3) is 0 Å². The lowest BCUT2D eigenvalue weighted by Crippen LogP contribution is -2.25. The van der Waals surface area contributed by atoms with Crippen molar-refractivity contribution >= 4 is 56.6 Å². The van der Waals surface area contributed by atoms with Gasteiger partial charge in [-0.1, -0.05) is 11.6 Å². The fourth-order valence-electron chi connectivity index (χ4n) is 3.64. The van der Waals surface area contributed by atoms with Crippen LogP contribution in [0.4, 0.5) is 4.39 Å². The fraction of sp³-hybridized carbons (Fsp3) is 0.389. The molecule has 1 aliphatic rings. The Morgan fingerprint density at radius 1 is 1.59 bits per heavy atom. The van der Waals surface area contributed by atoms with Crippen molar-refractivity contribution in [3.63, 3.8) is 0 Å². The van der Waals surface area contributed by atoms with E-state index in [4.69, 9.17) is 33.3 Å². The van der Waals surface area contributed by atoms with Crippen molar-refractivity contribution in [3.05, 3.63) is 37.9 Å². The highest BCUT2D eigenvalue weighted by molar-refractivity contribution is 9.10. The summed E-state index contributed by atoms with van der Waals surface area (Å²) in [6.07, 6.45) is 0.760. The van der Waals surface area contributed by atoms with Gasteiger partial charge >= 0.3 is 5.97 Å². The van der Waals surface area contributed by atoms with E-state index in [1.807, 2.05) is 0 Å². The molecule has 2 aromatic heterocycles. The highest BCUT2D eigenvalue weighted by Gasteiger charge is 2.35. The monoisotopic (exact) mass is 502 g/mol. The number of rotatable bonds is 5. The Balaban J connectivity index is 1.93. The predicted molar refractivity (Wildman–Crippen MR) is 112 cm³/mol. The Labute approximate surface area is 183 Å². The summed E-state index contributed by atoms with van der Waals surface area (Å²) in [6.45, 7) is 2.07. The van der Waals surface area contributed by atoms with Crippen LogP contribution in [0.25, 0.3) is 10.9 Å². The molecule has 0 saturated heterocycles. The van der Waals surface area contributed by atoms with Crippen LogP contribution in [0.5, 0.6) is 5.75 Å². The molecule has 0 fully saturated rings. The Morgan fingerprint density at radius 2 is 2.34 bits per heavy atom. The number of benzene rings is 1. The van der Waals surface area contributed by atoms with Crippen molar-refractivity contribution in [1.29, 1.82) is 0 Å². The summed E-state index contributed by atoms with van der Waals surface area (Å²) in [5.41, 5.74) is 1.59. The average molecular weight is 504 g/mol. The van der Waals surface area contributed by atoms with E-state index in [1.54, 1.807) is 23.8 Å². The van der Waals surface area contributed by atoms with Gasteiger partial charge in [-0.25, -0.2) is 9.18 Å². The molecule has 0 spiro atoms. The first-order chi connectivity index (χ1) is 13.8. The number of hydrogen-bond donors (Lipinski definition) is 1. The number of carbonyl (C=O) groups is 1. The lowest BCUT2D eigenvalue weighted by molar-refractivity contribution is -0.146. The first-order valence-corrected chi connectivity index (χ1v) is 10.5. The van der Waals surface area contributed by atoms with Crippen molar-refractivity contribution in [1.82, 2.24) is 19.3 Å². The molecular weight excluding hydrogens is 487 g/mol. The predicted octanol–water partition coefficient (Wildman–Crippen LogP) is 4.37. The van der Waals surface area contributed by atoms with Crippen LogP contribution in [0.3, 0.4) is 0 Å². The van der Waals surface area contributed by atoms with E-state index < -0.39 is 18.2 Å². The molecule has 0 aliphatic carbocycles. The molecule has 0 saturated carbocycles. The summed E-state index contributed by atoms with van der Waals surface area (Å²) in [6, 6.07) is 0.732. The zero-order valence-corrected chi connectivity index (χ0v) is 18.7. The Kier molecular flexibility index (Phi) is 5.43. The van der Waals surface area contributed by atoms with Crippen LogP contribution < -0.4 is 4.74 Å². The van der Waals surface area contributed by atoms with E-state index in [-0.39, 0.29) is 19.6 Å². The lowest BCUT2D eigenvalue weighted by Gasteiger charge is -2.16. The number of methoxy groups -OCH3 is 1. The molecule has 11 heteroatoms. The summed E-state index contributed by atoms with van der Waals surface area (Å²) >= 11 is 15.1. The first kappa shape index (κ1) is 20.4. The smallest absolute Gasteiger partial charge is 0.337 e. The van der Waals surface area contributed by atoms with E-state index in [2.05, 4.69) is 26.0 Å². The number of fused-ring (bicyclic) bond motifs is 2. The van der Waals surface area contributed by atoms with Crippen molar-refractivity contribution < 1.29 is 18.7 Å². The van der Waals surface area contributed by atoms with E-state index in [0.29, 0.717) is 42.3 Å². The highest BCUT2D eigenvalue weighted by Crippen LogP contribution is 2.39. The van der Waals surface area contributed by atoms with Crippen LogP contribution in [0.2, 0.25) is 5.02 Å². The van der Waals surface area contributed by atoms with E-state index in [1.165, 1.54) is 11.8 Å². The number of carbonyl (C=O) groups excluding carboxylic acids is 1. The quantitative estimate of drug-likeness (QED) is 0.413. The zero-order chi connectivity index (χ0) is 20.9. The third-order valence-corrected chi connectivity index (χ3v) is 6.07. The SMILES string of the molecule is CCOC(=O)C(c1[nH]c(=S)n2c1C[C@@H](F)C2)n1cc2c(Cl)cc(Br)c(OC)c2n1. The van der Waals surface area contributed by atoms with Gasteiger partial charge in [0.15, 0.2) is 16.6 Å².